The normalized spacial score (nSPS) is 9.90. The molecule has 0 aliphatic carbocycles. The number of anilines is 2. The number of halogens is 1. The Morgan fingerprint density at radius 3 is 2.35 bits per heavy atom. The average molecular weight is 289 g/mol. The van der Waals surface area contributed by atoms with E-state index in [4.69, 9.17) is 11.6 Å². The summed E-state index contributed by atoms with van der Waals surface area (Å²) in [6.45, 7) is 1.85. The molecule has 0 saturated heterocycles. The zero-order valence-electron chi connectivity index (χ0n) is 10.8. The van der Waals surface area contributed by atoms with Crippen LogP contribution in [-0.4, -0.2) is 11.8 Å². The number of rotatable bonds is 2. The standard InChI is InChI=1S/C15H13ClN2O2/c1-10-5-2-3-8-13(10)18-15(20)14(19)17-12-7-4-6-11(16)9-12/h2-9H,1H3,(H,17,19)(H,18,20). The van der Waals surface area contributed by atoms with Crippen molar-refractivity contribution in [3.8, 4) is 0 Å². The minimum Gasteiger partial charge on any atom is -0.318 e. The second-order valence-corrected chi connectivity index (χ2v) is 4.67. The van der Waals surface area contributed by atoms with Crippen LogP contribution in [0.4, 0.5) is 11.4 Å². The zero-order valence-corrected chi connectivity index (χ0v) is 11.6. The number of amides is 2. The van der Waals surface area contributed by atoms with E-state index in [0.29, 0.717) is 16.4 Å². The first-order chi connectivity index (χ1) is 9.56. The molecule has 0 bridgehead atoms. The maximum Gasteiger partial charge on any atom is 0.314 e. The van der Waals surface area contributed by atoms with E-state index in [1.165, 1.54) is 0 Å². The Bertz CT molecular complexity index is 656. The Morgan fingerprint density at radius 2 is 1.65 bits per heavy atom. The van der Waals surface area contributed by atoms with Gasteiger partial charge in [0.15, 0.2) is 0 Å². The van der Waals surface area contributed by atoms with Gasteiger partial charge in [-0.3, -0.25) is 9.59 Å². The van der Waals surface area contributed by atoms with Gasteiger partial charge in [-0.15, -0.1) is 0 Å². The highest BCUT2D eigenvalue weighted by Gasteiger charge is 2.14. The van der Waals surface area contributed by atoms with Gasteiger partial charge in [-0.25, -0.2) is 0 Å². The van der Waals surface area contributed by atoms with Crippen LogP contribution < -0.4 is 10.6 Å². The number of carbonyl (C=O) groups excluding carboxylic acids is 2. The van der Waals surface area contributed by atoms with Crippen molar-refractivity contribution in [3.05, 3.63) is 59.1 Å². The lowest BCUT2D eigenvalue weighted by Crippen LogP contribution is -2.29. The van der Waals surface area contributed by atoms with Crippen LogP contribution in [0.1, 0.15) is 5.56 Å². The molecule has 0 aliphatic heterocycles. The van der Waals surface area contributed by atoms with Crippen molar-refractivity contribution in [1.29, 1.82) is 0 Å². The maximum atomic E-state index is 11.8. The number of aryl methyl sites for hydroxylation is 1. The molecule has 20 heavy (non-hydrogen) atoms. The number of carbonyl (C=O) groups is 2. The predicted octanol–water partition coefficient (Wildman–Crippen LogP) is 3.23. The van der Waals surface area contributed by atoms with Gasteiger partial charge < -0.3 is 10.6 Å². The number of benzene rings is 2. The van der Waals surface area contributed by atoms with E-state index in [0.717, 1.165) is 5.56 Å². The van der Waals surface area contributed by atoms with Gasteiger partial charge in [0.2, 0.25) is 0 Å². The lowest BCUT2D eigenvalue weighted by molar-refractivity contribution is -0.133. The van der Waals surface area contributed by atoms with Crippen LogP contribution in [-0.2, 0) is 9.59 Å². The average Bonchev–Trinajstić information content (AvgIpc) is 2.41. The van der Waals surface area contributed by atoms with Crippen molar-refractivity contribution >= 4 is 34.8 Å². The van der Waals surface area contributed by atoms with Gasteiger partial charge in [-0.05, 0) is 36.8 Å². The minimum absolute atomic E-state index is 0.474. The molecular formula is C15H13ClN2O2. The van der Waals surface area contributed by atoms with Gasteiger partial charge in [-0.1, -0.05) is 35.9 Å². The summed E-state index contributed by atoms with van der Waals surface area (Å²) in [6, 6.07) is 13.8. The van der Waals surface area contributed by atoms with Gasteiger partial charge in [0.25, 0.3) is 0 Å². The van der Waals surface area contributed by atoms with Crippen molar-refractivity contribution in [2.75, 3.05) is 10.6 Å². The summed E-state index contributed by atoms with van der Waals surface area (Å²) >= 11 is 5.81. The lowest BCUT2D eigenvalue weighted by Gasteiger charge is -2.08. The summed E-state index contributed by atoms with van der Waals surface area (Å²) in [5.74, 6) is -1.46. The van der Waals surface area contributed by atoms with Crippen LogP contribution >= 0.6 is 11.6 Å². The molecule has 0 radical (unpaired) electrons. The largest absolute Gasteiger partial charge is 0.318 e. The molecule has 0 unspecified atom stereocenters. The molecule has 2 aromatic rings. The number of para-hydroxylation sites is 1. The molecule has 0 aromatic heterocycles. The molecule has 4 nitrogen and oxygen atoms in total. The van der Waals surface area contributed by atoms with E-state index in [2.05, 4.69) is 10.6 Å². The van der Waals surface area contributed by atoms with E-state index < -0.39 is 11.8 Å². The van der Waals surface area contributed by atoms with Crippen LogP contribution in [0.3, 0.4) is 0 Å². The fourth-order valence-corrected chi connectivity index (χ4v) is 1.84. The molecular weight excluding hydrogens is 276 g/mol. The molecule has 5 heteroatoms. The summed E-state index contributed by atoms with van der Waals surface area (Å²) < 4.78 is 0. The molecule has 2 N–H and O–H groups in total. The van der Waals surface area contributed by atoms with E-state index in [1.807, 2.05) is 19.1 Å². The smallest absolute Gasteiger partial charge is 0.314 e. The molecule has 0 aliphatic rings. The van der Waals surface area contributed by atoms with Gasteiger partial charge in [0.1, 0.15) is 0 Å². The summed E-state index contributed by atoms with van der Waals surface area (Å²) in [4.78, 5) is 23.6. The van der Waals surface area contributed by atoms with Crippen LogP contribution in [0.15, 0.2) is 48.5 Å². The molecule has 2 rings (SSSR count). The fourth-order valence-electron chi connectivity index (χ4n) is 1.65. The van der Waals surface area contributed by atoms with Gasteiger partial charge in [0.05, 0.1) is 0 Å². The summed E-state index contributed by atoms with van der Waals surface area (Å²) in [7, 11) is 0. The number of hydrogen-bond donors (Lipinski definition) is 2. The molecule has 2 amide bonds. The van der Waals surface area contributed by atoms with E-state index in [1.54, 1.807) is 36.4 Å². The predicted molar refractivity (Wildman–Crippen MR) is 79.9 cm³/mol. The van der Waals surface area contributed by atoms with Crippen molar-refractivity contribution in [2.45, 2.75) is 6.92 Å². The number of hydrogen-bond acceptors (Lipinski definition) is 2. The van der Waals surface area contributed by atoms with Crippen molar-refractivity contribution in [3.63, 3.8) is 0 Å². The van der Waals surface area contributed by atoms with Gasteiger partial charge in [0, 0.05) is 16.4 Å². The summed E-state index contributed by atoms with van der Waals surface area (Å²) in [5, 5.41) is 5.54. The van der Waals surface area contributed by atoms with E-state index in [-0.39, 0.29) is 0 Å². The Kier molecular flexibility index (Phi) is 4.38. The second kappa shape index (κ2) is 6.21. The topological polar surface area (TPSA) is 58.2 Å². The van der Waals surface area contributed by atoms with Crippen molar-refractivity contribution in [1.82, 2.24) is 0 Å². The van der Waals surface area contributed by atoms with E-state index in [9.17, 15) is 9.59 Å². The zero-order chi connectivity index (χ0) is 14.5. The van der Waals surface area contributed by atoms with Crippen LogP contribution in [0.2, 0.25) is 5.02 Å². The van der Waals surface area contributed by atoms with Crippen LogP contribution in [0.25, 0.3) is 0 Å². The molecule has 0 saturated carbocycles. The quantitative estimate of drug-likeness (QED) is 0.834. The molecule has 2 aromatic carbocycles. The Morgan fingerprint density at radius 1 is 0.950 bits per heavy atom. The molecule has 0 atom stereocenters. The summed E-state index contributed by atoms with van der Waals surface area (Å²) in [5.41, 5.74) is 1.97. The first-order valence-electron chi connectivity index (χ1n) is 6.00. The highest BCUT2D eigenvalue weighted by Crippen LogP contribution is 2.16. The SMILES string of the molecule is Cc1ccccc1NC(=O)C(=O)Nc1cccc(Cl)c1. The molecule has 0 fully saturated rings. The van der Waals surface area contributed by atoms with Gasteiger partial charge in [-0.2, -0.15) is 0 Å². The molecule has 0 spiro atoms. The third-order valence-corrected chi connectivity index (χ3v) is 2.92. The van der Waals surface area contributed by atoms with Gasteiger partial charge >= 0.3 is 11.8 Å². The van der Waals surface area contributed by atoms with Crippen molar-refractivity contribution < 1.29 is 9.59 Å². The maximum absolute atomic E-state index is 11.8. The van der Waals surface area contributed by atoms with E-state index >= 15 is 0 Å². The third kappa shape index (κ3) is 3.59. The second-order valence-electron chi connectivity index (χ2n) is 4.23. The summed E-state index contributed by atoms with van der Waals surface area (Å²) in [6.07, 6.45) is 0. The monoisotopic (exact) mass is 288 g/mol. The minimum atomic E-state index is -0.740. The fraction of sp³-hybridized carbons (Fsp3) is 0.0667. The molecule has 102 valence electrons. The van der Waals surface area contributed by atoms with Crippen LogP contribution in [0.5, 0.6) is 0 Å². The van der Waals surface area contributed by atoms with Crippen molar-refractivity contribution in [2.24, 2.45) is 0 Å². The molecule has 0 heterocycles. The Balaban J connectivity index is 2.03. The highest BCUT2D eigenvalue weighted by molar-refractivity contribution is 6.43. The highest BCUT2D eigenvalue weighted by atomic mass is 35.5. The lowest BCUT2D eigenvalue weighted by atomic mass is 10.2. The Labute approximate surface area is 121 Å². The first kappa shape index (κ1) is 14.1. The number of nitrogens with one attached hydrogen (secondary N) is 2. The third-order valence-electron chi connectivity index (χ3n) is 2.68. The Hall–Kier alpha value is -2.33. The first-order valence-corrected chi connectivity index (χ1v) is 6.37. The van der Waals surface area contributed by atoms with Crippen LogP contribution in [0, 0.1) is 6.92 Å².